The number of epoxide rings is 1. The van der Waals surface area contributed by atoms with Gasteiger partial charge < -0.3 is 14.9 Å². The van der Waals surface area contributed by atoms with E-state index in [0.717, 1.165) is 32.9 Å². The molecule has 2 aromatic carbocycles. The monoisotopic (exact) mass is 279 g/mol. The molecule has 0 bridgehead atoms. The van der Waals surface area contributed by atoms with Crippen molar-refractivity contribution in [2.45, 2.75) is 24.4 Å². The zero-order valence-electron chi connectivity index (χ0n) is 11.1. The van der Waals surface area contributed by atoms with E-state index in [2.05, 4.69) is 6.07 Å². The van der Waals surface area contributed by atoms with Crippen LogP contribution in [-0.4, -0.2) is 27.4 Å². The number of nitrogens with zero attached hydrogens (tertiary/aromatic N) is 1. The van der Waals surface area contributed by atoms with Crippen LogP contribution in [0.15, 0.2) is 42.5 Å². The lowest BCUT2D eigenvalue weighted by Gasteiger charge is -2.24. The Morgan fingerprint density at radius 2 is 1.86 bits per heavy atom. The van der Waals surface area contributed by atoms with Crippen LogP contribution in [0.3, 0.4) is 0 Å². The van der Waals surface area contributed by atoms with Crippen molar-refractivity contribution in [2.24, 2.45) is 0 Å². The summed E-state index contributed by atoms with van der Waals surface area (Å²) in [6.07, 6.45) is -2.19. The minimum atomic E-state index is -0.901. The van der Waals surface area contributed by atoms with Crippen LogP contribution in [-0.2, 0) is 4.74 Å². The van der Waals surface area contributed by atoms with Gasteiger partial charge in [-0.3, -0.25) is 0 Å². The van der Waals surface area contributed by atoms with Gasteiger partial charge in [0.1, 0.15) is 24.4 Å². The first-order valence-corrected chi connectivity index (χ1v) is 7.08. The second kappa shape index (κ2) is 3.80. The second-order valence-corrected chi connectivity index (χ2v) is 5.78. The van der Waals surface area contributed by atoms with Crippen LogP contribution in [0.4, 0.5) is 0 Å². The van der Waals surface area contributed by atoms with Gasteiger partial charge in [-0.05, 0) is 17.7 Å². The molecule has 2 unspecified atom stereocenters. The number of aliphatic hydroxyl groups excluding tert-OH is 2. The Hall–Kier alpha value is -2.01. The summed E-state index contributed by atoms with van der Waals surface area (Å²) in [5.41, 5.74) is 3.46. The van der Waals surface area contributed by atoms with E-state index in [0.29, 0.717) is 0 Å². The van der Waals surface area contributed by atoms with Gasteiger partial charge >= 0.3 is 0 Å². The molecule has 1 fully saturated rings. The van der Waals surface area contributed by atoms with Gasteiger partial charge in [0.25, 0.3) is 0 Å². The summed E-state index contributed by atoms with van der Waals surface area (Å²) in [5, 5.41) is 22.3. The third-order valence-corrected chi connectivity index (χ3v) is 4.55. The number of aliphatic hydroxyl groups is 2. The van der Waals surface area contributed by atoms with Crippen LogP contribution >= 0.6 is 0 Å². The van der Waals surface area contributed by atoms with E-state index in [1.807, 2.05) is 36.4 Å². The van der Waals surface area contributed by atoms with Gasteiger partial charge in [-0.1, -0.05) is 30.3 Å². The number of para-hydroxylation sites is 1. The van der Waals surface area contributed by atoms with Crippen molar-refractivity contribution >= 4 is 21.8 Å². The van der Waals surface area contributed by atoms with Crippen LogP contribution in [0.2, 0.25) is 0 Å². The Kier molecular flexibility index (Phi) is 2.10. The van der Waals surface area contributed by atoms with Gasteiger partial charge in [-0.15, -0.1) is 0 Å². The molecule has 4 nitrogen and oxygen atoms in total. The van der Waals surface area contributed by atoms with E-state index in [1.54, 1.807) is 0 Å². The zero-order valence-corrected chi connectivity index (χ0v) is 11.1. The molecule has 0 amide bonds. The average molecular weight is 279 g/mol. The van der Waals surface area contributed by atoms with Crippen molar-refractivity contribution in [3.8, 4) is 0 Å². The quantitative estimate of drug-likeness (QED) is 0.489. The van der Waals surface area contributed by atoms with Crippen molar-refractivity contribution < 1.29 is 14.9 Å². The molecular formula is C17H13NO3. The molecule has 1 saturated heterocycles. The van der Waals surface area contributed by atoms with Crippen LogP contribution < -0.4 is 0 Å². The third-order valence-electron chi connectivity index (χ3n) is 4.55. The van der Waals surface area contributed by atoms with Gasteiger partial charge in [0.15, 0.2) is 0 Å². The van der Waals surface area contributed by atoms with Crippen molar-refractivity contribution in [3.05, 3.63) is 53.6 Å². The molecule has 0 radical (unpaired) electrons. The summed E-state index contributed by atoms with van der Waals surface area (Å²) in [5.74, 6) is 0. The molecule has 0 spiro atoms. The number of fused-ring (bicyclic) bond motifs is 6. The highest BCUT2D eigenvalue weighted by Gasteiger charge is 2.54. The van der Waals surface area contributed by atoms with Crippen LogP contribution in [0.5, 0.6) is 0 Å². The lowest BCUT2D eigenvalue weighted by Crippen LogP contribution is -2.29. The Morgan fingerprint density at radius 3 is 2.76 bits per heavy atom. The van der Waals surface area contributed by atoms with Gasteiger partial charge in [-0.25, -0.2) is 4.98 Å². The van der Waals surface area contributed by atoms with Crippen LogP contribution in [0.25, 0.3) is 21.8 Å². The molecule has 2 N–H and O–H groups in total. The highest BCUT2D eigenvalue weighted by molar-refractivity contribution is 5.95. The molecular weight excluding hydrogens is 266 g/mol. The molecule has 4 heteroatoms. The molecule has 1 aliphatic carbocycles. The molecule has 1 aromatic heterocycles. The maximum atomic E-state index is 10.2. The van der Waals surface area contributed by atoms with Crippen LogP contribution in [0, 0.1) is 0 Å². The van der Waals surface area contributed by atoms with Crippen molar-refractivity contribution in [1.82, 2.24) is 4.98 Å². The van der Waals surface area contributed by atoms with E-state index in [4.69, 9.17) is 9.72 Å². The summed E-state index contributed by atoms with van der Waals surface area (Å²) in [7, 11) is 0. The van der Waals surface area contributed by atoms with E-state index in [9.17, 15) is 10.2 Å². The first kappa shape index (κ1) is 11.6. The largest absolute Gasteiger partial charge is 0.387 e. The fourth-order valence-corrected chi connectivity index (χ4v) is 3.42. The first-order chi connectivity index (χ1) is 10.2. The van der Waals surface area contributed by atoms with Gasteiger partial charge in [-0.2, -0.15) is 0 Å². The lowest BCUT2D eigenvalue weighted by molar-refractivity contribution is 0.0000942. The maximum Gasteiger partial charge on any atom is 0.118 e. The Bertz CT molecular complexity index is 892. The standard InChI is InChI=1S/C17H13NO3/c19-14-10-6-5-9-7-8-3-1-2-4-11(8)18-13(9)12(10)16-17(21-16)15(14)20/h1-7,14-17,19-20H/t14?,15-,16?,17+/m1/s1. The second-order valence-electron chi connectivity index (χ2n) is 5.78. The van der Waals surface area contributed by atoms with Crippen molar-refractivity contribution in [2.75, 3.05) is 0 Å². The van der Waals surface area contributed by atoms with E-state index in [-0.39, 0.29) is 12.2 Å². The number of rotatable bonds is 0. The predicted octanol–water partition coefficient (Wildman–Crippen LogP) is 2.24. The SMILES string of the molecule is OC1c2ccc3cc4ccccc4nc3c2C2O[C@H]2[C@@H]1O. The summed E-state index contributed by atoms with van der Waals surface area (Å²) < 4.78 is 5.56. The zero-order chi connectivity index (χ0) is 14.1. The fraction of sp³-hybridized carbons (Fsp3) is 0.235. The summed E-state index contributed by atoms with van der Waals surface area (Å²) in [6.45, 7) is 0. The third kappa shape index (κ3) is 1.47. The highest BCUT2D eigenvalue weighted by Crippen LogP contribution is 2.52. The summed E-state index contributed by atoms with van der Waals surface area (Å²) in [6, 6.07) is 13.9. The number of hydrogen-bond donors (Lipinski definition) is 2. The predicted molar refractivity (Wildman–Crippen MR) is 77.8 cm³/mol. The minimum absolute atomic E-state index is 0.143. The topological polar surface area (TPSA) is 65.9 Å². The fourth-order valence-electron chi connectivity index (χ4n) is 3.42. The van der Waals surface area contributed by atoms with E-state index >= 15 is 0 Å². The Labute approximate surface area is 120 Å². The normalized spacial score (nSPS) is 30.2. The summed E-state index contributed by atoms with van der Waals surface area (Å²) >= 11 is 0. The Morgan fingerprint density at radius 1 is 1.00 bits per heavy atom. The molecule has 4 atom stereocenters. The summed E-state index contributed by atoms with van der Waals surface area (Å²) in [4.78, 5) is 4.75. The molecule has 5 rings (SSSR count). The number of pyridine rings is 1. The molecule has 0 saturated carbocycles. The number of ether oxygens (including phenoxy) is 1. The molecule has 104 valence electrons. The van der Waals surface area contributed by atoms with Crippen molar-refractivity contribution in [1.29, 1.82) is 0 Å². The number of hydrogen-bond acceptors (Lipinski definition) is 4. The van der Waals surface area contributed by atoms with Gasteiger partial charge in [0, 0.05) is 16.3 Å². The van der Waals surface area contributed by atoms with Crippen molar-refractivity contribution in [3.63, 3.8) is 0 Å². The Balaban J connectivity index is 1.87. The smallest absolute Gasteiger partial charge is 0.118 e. The maximum absolute atomic E-state index is 10.2. The molecule has 21 heavy (non-hydrogen) atoms. The van der Waals surface area contributed by atoms with Gasteiger partial charge in [0.2, 0.25) is 0 Å². The van der Waals surface area contributed by atoms with E-state index < -0.39 is 12.2 Å². The minimum Gasteiger partial charge on any atom is -0.387 e. The van der Waals surface area contributed by atoms with Gasteiger partial charge in [0.05, 0.1) is 11.0 Å². The van der Waals surface area contributed by atoms with Crippen LogP contribution in [0.1, 0.15) is 23.3 Å². The number of aromatic nitrogens is 1. The van der Waals surface area contributed by atoms with E-state index in [1.165, 1.54) is 0 Å². The number of benzene rings is 2. The average Bonchev–Trinajstić information content (AvgIpc) is 3.30. The first-order valence-electron chi connectivity index (χ1n) is 7.08. The molecule has 2 aliphatic rings. The highest BCUT2D eigenvalue weighted by atomic mass is 16.6. The lowest BCUT2D eigenvalue weighted by atomic mass is 9.85. The molecule has 2 heterocycles. The molecule has 1 aliphatic heterocycles. The molecule has 3 aromatic rings.